The zero-order chi connectivity index (χ0) is 25.4. The molecule has 194 valence electrons. The Morgan fingerprint density at radius 1 is 1.14 bits per heavy atom. The van der Waals surface area contributed by atoms with E-state index in [2.05, 4.69) is 38.6 Å². The third kappa shape index (κ3) is 5.07. The van der Waals surface area contributed by atoms with E-state index in [0.717, 1.165) is 43.3 Å². The number of nitrogens with zero attached hydrogens (tertiary/aromatic N) is 6. The molecule has 0 saturated carbocycles. The van der Waals surface area contributed by atoms with Gasteiger partial charge in [0.25, 0.3) is 0 Å². The standard InChI is InChI=1S/C26H34ClFN6O2/c1-17-13-22(35)24-23(17)25(30-16-29-24)33-9-11-34(12-10-33)26(36)19(15-32-7-5-31(2)6-8-32)18-3-4-20(27)21(28)14-18/h3-4,14,16-17,19,22,35H,5-13,15H2,1-2H3/t17-,19+,22-/m1/s1. The number of aliphatic hydroxyl groups excluding tert-OH is 1. The van der Waals surface area contributed by atoms with Crippen molar-refractivity contribution in [2.75, 3.05) is 70.9 Å². The first kappa shape index (κ1) is 25.3. The number of hydrogen-bond acceptors (Lipinski definition) is 7. The lowest BCUT2D eigenvalue weighted by molar-refractivity contribution is -0.133. The zero-order valence-electron chi connectivity index (χ0n) is 20.9. The summed E-state index contributed by atoms with van der Waals surface area (Å²) >= 11 is 5.94. The zero-order valence-corrected chi connectivity index (χ0v) is 21.7. The Morgan fingerprint density at radius 3 is 2.56 bits per heavy atom. The monoisotopic (exact) mass is 516 g/mol. The Morgan fingerprint density at radius 2 is 1.86 bits per heavy atom. The van der Waals surface area contributed by atoms with Gasteiger partial charge in [0.05, 0.1) is 22.7 Å². The molecule has 1 aliphatic carbocycles. The number of carbonyl (C=O) groups excluding carboxylic acids is 1. The van der Waals surface area contributed by atoms with Gasteiger partial charge in [-0.15, -0.1) is 0 Å². The number of likely N-dealkylation sites (N-methyl/N-ethyl adjacent to an activating group) is 1. The van der Waals surface area contributed by atoms with E-state index in [0.29, 0.717) is 44.7 Å². The van der Waals surface area contributed by atoms with Crippen molar-refractivity contribution in [3.63, 3.8) is 0 Å². The molecule has 5 rings (SSSR count). The molecule has 10 heteroatoms. The Kier molecular flexibility index (Phi) is 7.44. The number of amides is 1. The van der Waals surface area contributed by atoms with Gasteiger partial charge in [-0.2, -0.15) is 0 Å². The summed E-state index contributed by atoms with van der Waals surface area (Å²) in [6.45, 7) is 8.73. The second kappa shape index (κ2) is 10.6. The average molecular weight is 517 g/mol. The summed E-state index contributed by atoms with van der Waals surface area (Å²) in [6, 6.07) is 4.73. The lowest BCUT2D eigenvalue weighted by Gasteiger charge is -2.39. The minimum atomic E-state index is -0.547. The van der Waals surface area contributed by atoms with E-state index in [9.17, 15) is 14.3 Å². The van der Waals surface area contributed by atoms with Crippen LogP contribution >= 0.6 is 11.6 Å². The maximum atomic E-state index is 14.4. The van der Waals surface area contributed by atoms with Gasteiger partial charge >= 0.3 is 0 Å². The van der Waals surface area contributed by atoms with Crippen molar-refractivity contribution >= 4 is 23.3 Å². The van der Waals surface area contributed by atoms with Crippen molar-refractivity contribution in [2.24, 2.45) is 0 Å². The summed E-state index contributed by atoms with van der Waals surface area (Å²) in [5, 5.41) is 10.4. The van der Waals surface area contributed by atoms with Gasteiger partial charge in [0.1, 0.15) is 18.0 Å². The minimum absolute atomic E-state index is 0.0204. The van der Waals surface area contributed by atoms with Gasteiger partial charge in [0, 0.05) is 64.5 Å². The van der Waals surface area contributed by atoms with Crippen LogP contribution in [0.3, 0.4) is 0 Å². The highest BCUT2D eigenvalue weighted by atomic mass is 35.5. The Bertz CT molecular complexity index is 1100. The number of hydrogen-bond donors (Lipinski definition) is 1. The fourth-order valence-electron chi connectivity index (χ4n) is 5.66. The maximum Gasteiger partial charge on any atom is 0.231 e. The first-order valence-corrected chi connectivity index (χ1v) is 13.1. The van der Waals surface area contributed by atoms with Crippen LogP contribution in [0.25, 0.3) is 0 Å². The number of aromatic nitrogens is 2. The number of aliphatic hydroxyl groups is 1. The van der Waals surface area contributed by atoms with Gasteiger partial charge in [0.15, 0.2) is 0 Å². The van der Waals surface area contributed by atoms with Crippen molar-refractivity contribution < 1.29 is 14.3 Å². The van der Waals surface area contributed by atoms with Crippen LogP contribution in [0.15, 0.2) is 24.5 Å². The van der Waals surface area contributed by atoms with Crippen LogP contribution in [0.2, 0.25) is 5.02 Å². The summed E-state index contributed by atoms with van der Waals surface area (Å²) in [7, 11) is 2.10. The molecular formula is C26H34ClFN6O2. The maximum absolute atomic E-state index is 14.4. The average Bonchev–Trinajstić information content (AvgIpc) is 3.18. The van der Waals surface area contributed by atoms with Gasteiger partial charge in [0.2, 0.25) is 5.91 Å². The number of benzene rings is 1. The van der Waals surface area contributed by atoms with E-state index < -0.39 is 17.8 Å². The molecule has 2 aliphatic heterocycles. The number of carbonyl (C=O) groups is 1. The molecule has 8 nitrogen and oxygen atoms in total. The van der Waals surface area contributed by atoms with Gasteiger partial charge < -0.3 is 19.8 Å². The van der Waals surface area contributed by atoms with Gasteiger partial charge in [-0.25, -0.2) is 14.4 Å². The van der Waals surface area contributed by atoms with Crippen molar-refractivity contribution in [1.29, 1.82) is 0 Å². The molecular weight excluding hydrogens is 483 g/mol. The van der Waals surface area contributed by atoms with Crippen LogP contribution in [0.5, 0.6) is 0 Å². The molecule has 2 saturated heterocycles. The van der Waals surface area contributed by atoms with Crippen molar-refractivity contribution in [1.82, 2.24) is 24.7 Å². The van der Waals surface area contributed by atoms with Crippen LogP contribution in [0, 0.1) is 5.82 Å². The lowest BCUT2D eigenvalue weighted by atomic mass is 9.95. The molecule has 0 radical (unpaired) electrons. The summed E-state index contributed by atoms with van der Waals surface area (Å²) in [4.78, 5) is 31.3. The molecule has 36 heavy (non-hydrogen) atoms. The van der Waals surface area contributed by atoms with Gasteiger partial charge in [-0.05, 0) is 37.1 Å². The van der Waals surface area contributed by atoms with Crippen LogP contribution in [-0.4, -0.2) is 102 Å². The second-order valence-corrected chi connectivity index (χ2v) is 10.7. The van der Waals surface area contributed by atoms with Crippen LogP contribution in [0.1, 0.15) is 48.1 Å². The minimum Gasteiger partial charge on any atom is -0.387 e. The van der Waals surface area contributed by atoms with Crippen molar-refractivity contribution in [3.8, 4) is 0 Å². The molecule has 1 aromatic carbocycles. The first-order chi connectivity index (χ1) is 17.3. The summed E-state index contributed by atoms with van der Waals surface area (Å²) in [5.74, 6) is 0.129. The highest BCUT2D eigenvalue weighted by Crippen LogP contribution is 2.42. The lowest BCUT2D eigenvalue weighted by Crippen LogP contribution is -2.52. The number of halogens is 2. The normalized spacial score (nSPS) is 24.1. The topological polar surface area (TPSA) is 76.0 Å². The molecule has 3 heterocycles. The number of piperazine rings is 2. The van der Waals surface area contributed by atoms with E-state index in [4.69, 9.17) is 11.6 Å². The fraction of sp³-hybridized carbons (Fsp3) is 0.577. The summed E-state index contributed by atoms with van der Waals surface area (Å²) < 4.78 is 14.4. The Labute approximate surface area is 216 Å². The third-order valence-corrected chi connectivity index (χ3v) is 8.16. The third-order valence-electron chi connectivity index (χ3n) is 7.85. The van der Waals surface area contributed by atoms with E-state index in [1.165, 1.54) is 12.4 Å². The largest absolute Gasteiger partial charge is 0.387 e. The molecule has 1 amide bonds. The molecule has 0 spiro atoms. The van der Waals surface area contributed by atoms with E-state index in [1.807, 2.05) is 4.90 Å². The highest BCUT2D eigenvalue weighted by Gasteiger charge is 2.35. The van der Waals surface area contributed by atoms with E-state index >= 15 is 0 Å². The van der Waals surface area contributed by atoms with Crippen molar-refractivity contribution in [2.45, 2.75) is 31.3 Å². The fourth-order valence-corrected chi connectivity index (χ4v) is 5.77. The number of fused-ring (bicyclic) bond motifs is 1. The molecule has 1 N–H and O–H groups in total. The number of anilines is 1. The molecule has 3 aliphatic rings. The molecule has 1 aromatic heterocycles. The van der Waals surface area contributed by atoms with E-state index in [-0.39, 0.29) is 16.8 Å². The number of rotatable bonds is 5. The summed E-state index contributed by atoms with van der Waals surface area (Å²) in [6.07, 6.45) is 1.63. The predicted molar refractivity (Wildman–Crippen MR) is 137 cm³/mol. The quantitative estimate of drug-likeness (QED) is 0.654. The van der Waals surface area contributed by atoms with E-state index in [1.54, 1.807) is 12.1 Å². The highest BCUT2D eigenvalue weighted by molar-refractivity contribution is 6.30. The molecule has 0 bridgehead atoms. The molecule has 2 fully saturated rings. The predicted octanol–water partition coefficient (Wildman–Crippen LogP) is 2.49. The van der Waals surface area contributed by atoms with Crippen molar-refractivity contribution in [3.05, 3.63) is 52.2 Å². The molecule has 3 atom stereocenters. The molecule has 0 unspecified atom stereocenters. The smallest absolute Gasteiger partial charge is 0.231 e. The van der Waals surface area contributed by atoms with Crippen LogP contribution < -0.4 is 4.90 Å². The van der Waals surface area contributed by atoms with Crippen LogP contribution in [-0.2, 0) is 4.79 Å². The second-order valence-electron chi connectivity index (χ2n) is 10.3. The van der Waals surface area contributed by atoms with Gasteiger partial charge in [-0.3, -0.25) is 9.69 Å². The summed E-state index contributed by atoms with van der Waals surface area (Å²) in [5.41, 5.74) is 2.41. The Balaban J connectivity index is 1.31. The van der Waals surface area contributed by atoms with Crippen LogP contribution in [0.4, 0.5) is 10.2 Å². The first-order valence-electron chi connectivity index (χ1n) is 12.7. The Hall–Kier alpha value is -2.33. The molecule has 2 aromatic rings. The van der Waals surface area contributed by atoms with Gasteiger partial charge in [-0.1, -0.05) is 24.6 Å². The SMILES string of the molecule is C[C@@H]1C[C@@H](O)c2ncnc(N3CCN(C(=O)[C@@H](CN4CCN(C)CC4)c4ccc(Cl)c(F)c4)CC3)c21.